The Morgan fingerprint density at radius 3 is 2.13 bits per heavy atom. The summed E-state index contributed by atoms with van der Waals surface area (Å²) in [6.45, 7) is 6.10. The van der Waals surface area contributed by atoms with Crippen molar-refractivity contribution in [2.75, 3.05) is 0 Å². The summed E-state index contributed by atoms with van der Waals surface area (Å²) in [6.07, 6.45) is 0. The molecule has 1 rings (SSSR count). The van der Waals surface area contributed by atoms with Crippen molar-refractivity contribution in [3.05, 3.63) is 35.4 Å². The zero-order chi connectivity index (χ0) is 11.5. The van der Waals surface area contributed by atoms with E-state index in [4.69, 9.17) is 5.11 Å². The standard InChI is InChI=1S/C13H14O2/c1-13(2,3)9-8-10-4-6-11(7-5-10)12(14)15/h4-7H,1-3H3,(H,14,15). The Bertz CT molecular complexity index is 411. The largest absolute Gasteiger partial charge is 0.478 e. The normalized spacial score (nSPS) is 10.3. The van der Waals surface area contributed by atoms with Crippen molar-refractivity contribution in [1.82, 2.24) is 0 Å². The van der Waals surface area contributed by atoms with Crippen molar-refractivity contribution in [1.29, 1.82) is 0 Å². The van der Waals surface area contributed by atoms with Gasteiger partial charge >= 0.3 is 5.97 Å². The van der Waals surface area contributed by atoms with E-state index in [0.29, 0.717) is 0 Å². The lowest BCUT2D eigenvalue weighted by Gasteiger charge is -2.06. The predicted molar refractivity (Wildman–Crippen MR) is 59.7 cm³/mol. The summed E-state index contributed by atoms with van der Waals surface area (Å²) in [4.78, 5) is 10.6. The van der Waals surface area contributed by atoms with Gasteiger partial charge in [-0.3, -0.25) is 0 Å². The molecule has 0 spiro atoms. The number of hydrogen-bond donors (Lipinski definition) is 1. The summed E-state index contributed by atoms with van der Waals surface area (Å²) in [7, 11) is 0. The summed E-state index contributed by atoms with van der Waals surface area (Å²) >= 11 is 0. The van der Waals surface area contributed by atoms with Gasteiger partial charge in [0.15, 0.2) is 0 Å². The fourth-order valence-corrected chi connectivity index (χ4v) is 0.956. The van der Waals surface area contributed by atoms with Crippen molar-refractivity contribution < 1.29 is 9.90 Å². The van der Waals surface area contributed by atoms with Crippen LogP contribution in [0.4, 0.5) is 0 Å². The molecule has 1 N–H and O–H groups in total. The lowest BCUT2D eigenvalue weighted by Crippen LogP contribution is -1.99. The second-order valence-corrected chi connectivity index (χ2v) is 4.38. The quantitative estimate of drug-likeness (QED) is 0.711. The van der Waals surface area contributed by atoms with Crippen molar-refractivity contribution >= 4 is 5.97 Å². The molecular formula is C13H14O2. The van der Waals surface area contributed by atoms with Gasteiger partial charge in [-0.1, -0.05) is 11.8 Å². The smallest absolute Gasteiger partial charge is 0.335 e. The van der Waals surface area contributed by atoms with Gasteiger partial charge in [-0.25, -0.2) is 4.79 Å². The lowest BCUT2D eigenvalue weighted by atomic mass is 9.97. The van der Waals surface area contributed by atoms with Gasteiger partial charge in [-0.15, -0.1) is 0 Å². The van der Waals surface area contributed by atoms with Gasteiger partial charge < -0.3 is 5.11 Å². The Morgan fingerprint density at radius 2 is 1.73 bits per heavy atom. The third-order valence-corrected chi connectivity index (χ3v) is 1.71. The first kappa shape index (κ1) is 11.3. The third kappa shape index (κ3) is 3.86. The summed E-state index contributed by atoms with van der Waals surface area (Å²) < 4.78 is 0. The predicted octanol–water partition coefficient (Wildman–Crippen LogP) is 2.78. The second kappa shape index (κ2) is 4.18. The molecule has 0 aliphatic heterocycles. The molecular weight excluding hydrogens is 188 g/mol. The van der Waals surface area contributed by atoms with Crippen molar-refractivity contribution in [3.63, 3.8) is 0 Å². The van der Waals surface area contributed by atoms with E-state index in [9.17, 15) is 4.79 Å². The average Bonchev–Trinajstić information content (AvgIpc) is 2.14. The Balaban J connectivity index is 2.89. The van der Waals surface area contributed by atoms with E-state index in [1.54, 1.807) is 24.3 Å². The van der Waals surface area contributed by atoms with E-state index < -0.39 is 5.97 Å². The minimum Gasteiger partial charge on any atom is -0.478 e. The zero-order valence-corrected chi connectivity index (χ0v) is 9.16. The van der Waals surface area contributed by atoms with Crippen LogP contribution in [0.3, 0.4) is 0 Å². The van der Waals surface area contributed by atoms with Crippen LogP contribution in [0.25, 0.3) is 0 Å². The van der Waals surface area contributed by atoms with E-state index in [0.717, 1.165) is 5.56 Å². The first-order valence-corrected chi connectivity index (χ1v) is 4.75. The minimum absolute atomic E-state index is 0.0362. The van der Waals surface area contributed by atoms with E-state index >= 15 is 0 Å². The van der Waals surface area contributed by atoms with Crippen LogP contribution in [0.5, 0.6) is 0 Å². The van der Waals surface area contributed by atoms with E-state index in [-0.39, 0.29) is 11.0 Å². The molecule has 0 bridgehead atoms. The maximum absolute atomic E-state index is 10.6. The van der Waals surface area contributed by atoms with Crippen LogP contribution >= 0.6 is 0 Å². The first-order valence-electron chi connectivity index (χ1n) is 4.75. The Kier molecular flexibility index (Phi) is 3.16. The second-order valence-electron chi connectivity index (χ2n) is 4.38. The monoisotopic (exact) mass is 202 g/mol. The maximum Gasteiger partial charge on any atom is 0.335 e. The Morgan fingerprint density at radius 1 is 1.20 bits per heavy atom. The van der Waals surface area contributed by atoms with Crippen LogP contribution in [-0.2, 0) is 0 Å². The number of carboxylic acid groups (broad SMARTS) is 1. The first-order chi connectivity index (χ1) is 6.88. The number of carboxylic acids is 1. The van der Waals surface area contributed by atoms with Crippen molar-refractivity contribution in [3.8, 4) is 11.8 Å². The van der Waals surface area contributed by atoms with E-state index in [1.165, 1.54) is 0 Å². The number of rotatable bonds is 1. The molecule has 0 aromatic heterocycles. The highest BCUT2D eigenvalue weighted by Crippen LogP contribution is 2.11. The van der Waals surface area contributed by atoms with Crippen LogP contribution in [0, 0.1) is 17.3 Å². The molecule has 0 atom stereocenters. The highest BCUT2D eigenvalue weighted by Gasteiger charge is 2.04. The fourth-order valence-electron chi connectivity index (χ4n) is 0.956. The maximum atomic E-state index is 10.6. The van der Waals surface area contributed by atoms with E-state index in [2.05, 4.69) is 11.8 Å². The molecule has 2 nitrogen and oxygen atoms in total. The van der Waals surface area contributed by atoms with Gasteiger partial charge in [-0.05, 0) is 45.0 Å². The van der Waals surface area contributed by atoms with Gasteiger partial charge in [0, 0.05) is 11.0 Å². The molecule has 2 heteroatoms. The number of carbonyl (C=O) groups is 1. The third-order valence-electron chi connectivity index (χ3n) is 1.71. The molecule has 0 aliphatic carbocycles. The molecule has 1 aromatic carbocycles. The Hall–Kier alpha value is -1.75. The molecule has 0 amide bonds. The number of aromatic carboxylic acids is 1. The molecule has 0 radical (unpaired) electrons. The van der Waals surface area contributed by atoms with Gasteiger partial charge in [0.05, 0.1) is 5.56 Å². The molecule has 0 saturated carbocycles. The van der Waals surface area contributed by atoms with E-state index in [1.807, 2.05) is 20.8 Å². The fraction of sp³-hybridized carbons (Fsp3) is 0.308. The van der Waals surface area contributed by atoms with Crippen LogP contribution in [0.1, 0.15) is 36.7 Å². The Labute approximate surface area is 89.9 Å². The van der Waals surface area contributed by atoms with Gasteiger partial charge in [0.1, 0.15) is 0 Å². The number of benzene rings is 1. The summed E-state index contributed by atoms with van der Waals surface area (Å²) in [5.74, 6) is 5.19. The minimum atomic E-state index is -0.912. The van der Waals surface area contributed by atoms with Gasteiger partial charge in [-0.2, -0.15) is 0 Å². The summed E-state index contributed by atoms with van der Waals surface area (Å²) in [5.41, 5.74) is 1.09. The summed E-state index contributed by atoms with van der Waals surface area (Å²) in [5, 5.41) is 8.70. The van der Waals surface area contributed by atoms with Crippen LogP contribution in [-0.4, -0.2) is 11.1 Å². The molecule has 0 saturated heterocycles. The number of hydrogen-bond acceptors (Lipinski definition) is 1. The molecule has 0 aliphatic rings. The highest BCUT2D eigenvalue weighted by atomic mass is 16.4. The summed E-state index contributed by atoms with van der Waals surface area (Å²) in [6, 6.07) is 6.58. The molecule has 1 aromatic rings. The molecule has 15 heavy (non-hydrogen) atoms. The lowest BCUT2D eigenvalue weighted by molar-refractivity contribution is 0.0697. The molecule has 0 fully saturated rings. The molecule has 0 heterocycles. The van der Waals surface area contributed by atoms with Crippen LogP contribution < -0.4 is 0 Å². The SMILES string of the molecule is CC(C)(C)C#Cc1ccc(C(=O)O)cc1. The molecule has 78 valence electrons. The van der Waals surface area contributed by atoms with Crippen LogP contribution in [0.15, 0.2) is 24.3 Å². The molecule has 0 unspecified atom stereocenters. The topological polar surface area (TPSA) is 37.3 Å². The van der Waals surface area contributed by atoms with Crippen LogP contribution in [0.2, 0.25) is 0 Å². The van der Waals surface area contributed by atoms with Gasteiger partial charge in [0.25, 0.3) is 0 Å². The van der Waals surface area contributed by atoms with Crippen molar-refractivity contribution in [2.24, 2.45) is 5.41 Å². The average molecular weight is 202 g/mol. The van der Waals surface area contributed by atoms with Gasteiger partial charge in [0.2, 0.25) is 0 Å². The van der Waals surface area contributed by atoms with Crippen molar-refractivity contribution in [2.45, 2.75) is 20.8 Å². The zero-order valence-electron chi connectivity index (χ0n) is 9.16. The highest BCUT2D eigenvalue weighted by molar-refractivity contribution is 5.87.